The standard InChI is InChI=1S/C19H20N8/c1-27-19-16(13-24-27)18(25-17(26-19)14-5-2-7-20-11-14)23-10-4-9-22-15-6-3-8-21-12-15/h2-3,5-8,11-13,22H,4,9-10H2,1H3,(H,23,25,26). The normalized spacial score (nSPS) is 10.9. The zero-order valence-corrected chi connectivity index (χ0v) is 15.0. The second kappa shape index (κ2) is 7.77. The molecule has 2 N–H and O–H groups in total. The van der Waals surface area contributed by atoms with Crippen LogP contribution in [0.25, 0.3) is 22.4 Å². The molecule has 27 heavy (non-hydrogen) atoms. The van der Waals surface area contributed by atoms with Crippen molar-refractivity contribution >= 4 is 22.5 Å². The summed E-state index contributed by atoms with van der Waals surface area (Å²) in [5, 5.41) is 12.0. The van der Waals surface area contributed by atoms with Gasteiger partial charge in [-0.05, 0) is 30.7 Å². The van der Waals surface area contributed by atoms with Gasteiger partial charge in [0.05, 0.1) is 17.3 Å². The van der Waals surface area contributed by atoms with Gasteiger partial charge in [0.25, 0.3) is 0 Å². The minimum Gasteiger partial charge on any atom is -0.384 e. The number of nitrogens with one attached hydrogen (secondary N) is 2. The third-order valence-corrected chi connectivity index (χ3v) is 4.15. The van der Waals surface area contributed by atoms with Crippen molar-refractivity contribution in [2.75, 3.05) is 23.7 Å². The molecular weight excluding hydrogens is 340 g/mol. The van der Waals surface area contributed by atoms with Crippen molar-refractivity contribution in [2.24, 2.45) is 7.05 Å². The van der Waals surface area contributed by atoms with Gasteiger partial charge in [-0.2, -0.15) is 5.10 Å². The van der Waals surface area contributed by atoms with E-state index in [-0.39, 0.29) is 0 Å². The van der Waals surface area contributed by atoms with E-state index in [1.54, 1.807) is 29.5 Å². The molecular formula is C19H20N8. The maximum absolute atomic E-state index is 4.69. The third kappa shape index (κ3) is 3.84. The van der Waals surface area contributed by atoms with Crippen molar-refractivity contribution in [1.29, 1.82) is 0 Å². The van der Waals surface area contributed by atoms with E-state index in [0.717, 1.165) is 47.6 Å². The fourth-order valence-electron chi connectivity index (χ4n) is 2.78. The molecule has 4 heterocycles. The number of hydrogen-bond donors (Lipinski definition) is 2. The largest absolute Gasteiger partial charge is 0.384 e. The maximum atomic E-state index is 4.69. The lowest BCUT2D eigenvalue weighted by atomic mass is 10.2. The summed E-state index contributed by atoms with van der Waals surface area (Å²) in [6, 6.07) is 7.75. The number of nitrogens with zero attached hydrogens (tertiary/aromatic N) is 6. The Bertz CT molecular complexity index is 1010. The summed E-state index contributed by atoms with van der Waals surface area (Å²) in [6.07, 6.45) is 9.80. The second-order valence-corrected chi connectivity index (χ2v) is 6.09. The highest BCUT2D eigenvalue weighted by Gasteiger charge is 2.12. The predicted molar refractivity (Wildman–Crippen MR) is 105 cm³/mol. The number of aryl methyl sites for hydroxylation is 1. The molecule has 0 spiro atoms. The quantitative estimate of drug-likeness (QED) is 0.489. The van der Waals surface area contributed by atoms with Crippen LogP contribution >= 0.6 is 0 Å². The zero-order chi connectivity index (χ0) is 18.5. The highest BCUT2D eigenvalue weighted by Crippen LogP contribution is 2.24. The molecule has 0 saturated heterocycles. The van der Waals surface area contributed by atoms with Crippen molar-refractivity contribution in [3.63, 3.8) is 0 Å². The SMILES string of the molecule is Cn1ncc2c(NCCCNc3cccnc3)nc(-c3cccnc3)nc21. The molecule has 0 saturated carbocycles. The van der Waals surface area contributed by atoms with E-state index in [1.165, 1.54) is 0 Å². The van der Waals surface area contributed by atoms with Gasteiger partial charge < -0.3 is 10.6 Å². The summed E-state index contributed by atoms with van der Waals surface area (Å²) in [5.74, 6) is 1.42. The maximum Gasteiger partial charge on any atom is 0.165 e. The average molecular weight is 360 g/mol. The van der Waals surface area contributed by atoms with Crippen LogP contribution in [-0.4, -0.2) is 42.8 Å². The van der Waals surface area contributed by atoms with Crippen molar-refractivity contribution in [1.82, 2.24) is 29.7 Å². The van der Waals surface area contributed by atoms with Crippen LogP contribution in [0.1, 0.15) is 6.42 Å². The minimum atomic E-state index is 0.634. The predicted octanol–water partition coefficient (Wildman–Crippen LogP) is 2.73. The lowest BCUT2D eigenvalue weighted by molar-refractivity contribution is 0.786. The fourth-order valence-corrected chi connectivity index (χ4v) is 2.78. The molecule has 4 aromatic heterocycles. The monoisotopic (exact) mass is 360 g/mol. The van der Waals surface area contributed by atoms with Crippen LogP contribution < -0.4 is 10.6 Å². The van der Waals surface area contributed by atoms with Crippen LogP contribution in [0.3, 0.4) is 0 Å². The van der Waals surface area contributed by atoms with E-state index in [2.05, 4.69) is 30.7 Å². The summed E-state index contributed by atoms with van der Waals surface area (Å²) in [5.41, 5.74) is 2.69. The molecule has 0 atom stereocenters. The zero-order valence-electron chi connectivity index (χ0n) is 15.0. The number of fused-ring (bicyclic) bond motifs is 1. The van der Waals surface area contributed by atoms with E-state index in [0.29, 0.717) is 5.82 Å². The van der Waals surface area contributed by atoms with E-state index in [1.807, 2.05) is 37.5 Å². The Balaban J connectivity index is 1.47. The number of pyridine rings is 2. The Morgan fingerprint density at radius 2 is 1.74 bits per heavy atom. The number of rotatable bonds is 7. The van der Waals surface area contributed by atoms with Crippen molar-refractivity contribution in [3.8, 4) is 11.4 Å². The van der Waals surface area contributed by atoms with Crippen LogP contribution in [0.5, 0.6) is 0 Å². The van der Waals surface area contributed by atoms with Crippen molar-refractivity contribution in [2.45, 2.75) is 6.42 Å². The summed E-state index contributed by atoms with van der Waals surface area (Å²) < 4.78 is 1.76. The van der Waals surface area contributed by atoms with E-state index < -0.39 is 0 Å². The average Bonchev–Trinajstić information content (AvgIpc) is 3.10. The van der Waals surface area contributed by atoms with Gasteiger partial charge in [-0.25, -0.2) is 9.97 Å². The van der Waals surface area contributed by atoms with Gasteiger partial charge >= 0.3 is 0 Å². The molecule has 0 amide bonds. The third-order valence-electron chi connectivity index (χ3n) is 4.15. The molecule has 0 aliphatic heterocycles. The lowest BCUT2D eigenvalue weighted by Crippen LogP contribution is -2.11. The fraction of sp³-hybridized carbons (Fsp3) is 0.211. The van der Waals surface area contributed by atoms with Crippen molar-refractivity contribution in [3.05, 3.63) is 55.2 Å². The van der Waals surface area contributed by atoms with Crippen LogP contribution in [0.4, 0.5) is 11.5 Å². The Kier molecular flexibility index (Phi) is 4.86. The molecule has 0 aliphatic rings. The van der Waals surface area contributed by atoms with Crippen molar-refractivity contribution < 1.29 is 0 Å². The summed E-state index contributed by atoms with van der Waals surface area (Å²) in [6.45, 7) is 1.62. The minimum absolute atomic E-state index is 0.634. The van der Waals surface area contributed by atoms with Gasteiger partial charge in [0, 0.05) is 50.5 Å². The Labute approximate surface area is 156 Å². The first-order valence-corrected chi connectivity index (χ1v) is 8.79. The number of aromatic nitrogens is 6. The molecule has 136 valence electrons. The summed E-state index contributed by atoms with van der Waals surface area (Å²) in [4.78, 5) is 17.6. The van der Waals surface area contributed by atoms with Gasteiger partial charge in [0.1, 0.15) is 5.82 Å². The van der Waals surface area contributed by atoms with Crippen LogP contribution in [0.2, 0.25) is 0 Å². The smallest absolute Gasteiger partial charge is 0.165 e. The topological polar surface area (TPSA) is 93.4 Å². The molecule has 0 radical (unpaired) electrons. The lowest BCUT2D eigenvalue weighted by Gasteiger charge is -2.10. The molecule has 0 aromatic carbocycles. The van der Waals surface area contributed by atoms with Crippen LogP contribution in [0, 0.1) is 0 Å². The molecule has 0 aliphatic carbocycles. The molecule has 0 bridgehead atoms. The van der Waals surface area contributed by atoms with Gasteiger partial charge in [-0.1, -0.05) is 0 Å². The summed E-state index contributed by atoms with van der Waals surface area (Å²) in [7, 11) is 1.88. The summed E-state index contributed by atoms with van der Waals surface area (Å²) >= 11 is 0. The second-order valence-electron chi connectivity index (χ2n) is 6.09. The Morgan fingerprint density at radius 3 is 2.52 bits per heavy atom. The molecule has 0 fully saturated rings. The highest BCUT2D eigenvalue weighted by molar-refractivity contribution is 5.88. The number of hydrogen-bond acceptors (Lipinski definition) is 7. The van der Waals surface area contributed by atoms with Gasteiger partial charge in [0.15, 0.2) is 11.5 Å². The molecule has 0 unspecified atom stereocenters. The van der Waals surface area contributed by atoms with Crippen LogP contribution in [-0.2, 0) is 7.05 Å². The van der Waals surface area contributed by atoms with E-state index >= 15 is 0 Å². The molecule has 4 rings (SSSR count). The first-order chi connectivity index (χ1) is 13.3. The van der Waals surface area contributed by atoms with Gasteiger partial charge in [0.2, 0.25) is 0 Å². The number of anilines is 2. The first kappa shape index (κ1) is 16.9. The van der Waals surface area contributed by atoms with Crippen LogP contribution in [0.15, 0.2) is 55.2 Å². The Hall–Kier alpha value is -3.55. The van der Waals surface area contributed by atoms with Gasteiger partial charge in [-0.3, -0.25) is 14.6 Å². The van der Waals surface area contributed by atoms with Gasteiger partial charge in [-0.15, -0.1) is 0 Å². The van der Waals surface area contributed by atoms with E-state index in [4.69, 9.17) is 4.98 Å². The molecule has 4 aromatic rings. The molecule has 8 heteroatoms. The first-order valence-electron chi connectivity index (χ1n) is 8.79. The Morgan fingerprint density at radius 1 is 0.926 bits per heavy atom. The van der Waals surface area contributed by atoms with E-state index in [9.17, 15) is 0 Å². The highest BCUT2D eigenvalue weighted by atomic mass is 15.3. The molecule has 8 nitrogen and oxygen atoms in total.